The normalized spacial score (nSPS) is 10.9. The maximum atomic E-state index is 6.00. The van der Waals surface area contributed by atoms with Crippen molar-refractivity contribution in [3.8, 4) is 28.5 Å². The summed E-state index contributed by atoms with van der Waals surface area (Å²) < 4.78 is 11.3. The Hall–Kier alpha value is -2.85. The highest BCUT2D eigenvalue weighted by Crippen LogP contribution is 2.34. The molecular weight excluding hydrogens is 324 g/mol. The van der Waals surface area contributed by atoms with Crippen molar-refractivity contribution in [2.24, 2.45) is 0 Å². The Balaban J connectivity index is 1.81. The van der Waals surface area contributed by atoms with Crippen LogP contribution in [0.3, 0.4) is 0 Å². The Bertz CT molecular complexity index is 1010. The molecule has 0 unspecified atom stereocenters. The first-order valence-corrected chi connectivity index (χ1v) is 7.78. The van der Waals surface area contributed by atoms with E-state index < -0.39 is 0 Å². The summed E-state index contributed by atoms with van der Waals surface area (Å²) >= 11 is 6.00. The van der Waals surface area contributed by atoms with Crippen molar-refractivity contribution in [2.75, 3.05) is 7.11 Å². The highest BCUT2D eigenvalue weighted by atomic mass is 35.5. The van der Waals surface area contributed by atoms with E-state index in [-0.39, 0.29) is 0 Å². The highest BCUT2D eigenvalue weighted by molar-refractivity contribution is 6.31. The fraction of sp³-hybridized carbons (Fsp3) is 0.0526. The monoisotopic (exact) mass is 336 g/mol. The Morgan fingerprint density at radius 1 is 1.04 bits per heavy atom. The molecule has 2 aromatic heterocycles. The zero-order chi connectivity index (χ0) is 16.5. The summed E-state index contributed by atoms with van der Waals surface area (Å²) in [4.78, 5) is 8.87. The van der Waals surface area contributed by atoms with Crippen molar-refractivity contribution >= 4 is 22.7 Å². The third-order valence-corrected chi connectivity index (χ3v) is 3.97. The lowest BCUT2D eigenvalue weighted by atomic mass is 10.1. The topological polar surface area (TPSA) is 48.2 Å². The van der Waals surface area contributed by atoms with Crippen LogP contribution in [0.25, 0.3) is 33.8 Å². The van der Waals surface area contributed by atoms with Crippen LogP contribution >= 0.6 is 11.6 Å². The van der Waals surface area contributed by atoms with Gasteiger partial charge in [0.2, 0.25) is 5.89 Å². The van der Waals surface area contributed by atoms with Crippen LogP contribution in [0.15, 0.2) is 65.2 Å². The van der Waals surface area contributed by atoms with E-state index in [4.69, 9.17) is 20.8 Å². The minimum atomic E-state index is 0.526. The molecule has 4 rings (SSSR count). The van der Waals surface area contributed by atoms with Crippen molar-refractivity contribution in [3.63, 3.8) is 0 Å². The molecule has 0 saturated heterocycles. The number of ether oxygens (including phenoxy) is 1. The molecule has 0 amide bonds. The molecule has 118 valence electrons. The van der Waals surface area contributed by atoms with Gasteiger partial charge in [0.05, 0.1) is 12.8 Å². The first-order chi connectivity index (χ1) is 11.7. The minimum Gasteiger partial charge on any atom is -0.496 e. The number of benzene rings is 2. The summed E-state index contributed by atoms with van der Waals surface area (Å²) in [5, 5.41) is 0.630. The zero-order valence-electron chi connectivity index (χ0n) is 12.9. The predicted octanol–water partition coefficient (Wildman–Crippen LogP) is 5.22. The number of hydrogen-bond donors (Lipinski definition) is 0. The second-order valence-electron chi connectivity index (χ2n) is 5.26. The number of oxazole rings is 1. The van der Waals surface area contributed by atoms with Crippen LogP contribution in [0.5, 0.6) is 5.75 Å². The highest BCUT2D eigenvalue weighted by Gasteiger charge is 2.13. The second kappa shape index (κ2) is 5.98. The number of halogens is 1. The van der Waals surface area contributed by atoms with E-state index in [2.05, 4.69) is 9.97 Å². The molecule has 0 spiro atoms. The molecule has 0 atom stereocenters. The van der Waals surface area contributed by atoms with Crippen LogP contribution in [-0.4, -0.2) is 17.1 Å². The van der Waals surface area contributed by atoms with Gasteiger partial charge in [-0.15, -0.1) is 0 Å². The minimum absolute atomic E-state index is 0.526. The van der Waals surface area contributed by atoms with E-state index >= 15 is 0 Å². The fourth-order valence-electron chi connectivity index (χ4n) is 2.58. The van der Waals surface area contributed by atoms with Gasteiger partial charge in [0.15, 0.2) is 5.58 Å². The summed E-state index contributed by atoms with van der Waals surface area (Å²) in [5.41, 5.74) is 4.03. The Morgan fingerprint density at radius 3 is 2.75 bits per heavy atom. The van der Waals surface area contributed by atoms with E-state index in [1.807, 2.05) is 42.5 Å². The molecule has 0 aliphatic carbocycles. The zero-order valence-corrected chi connectivity index (χ0v) is 13.6. The van der Waals surface area contributed by atoms with Gasteiger partial charge in [-0.2, -0.15) is 0 Å². The third-order valence-electron chi connectivity index (χ3n) is 3.74. The lowest BCUT2D eigenvalue weighted by molar-refractivity contribution is 0.416. The van der Waals surface area contributed by atoms with Crippen molar-refractivity contribution in [2.45, 2.75) is 0 Å². The Kier molecular flexibility index (Phi) is 3.67. The number of hydrogen-bond acceptors (Lipinski definition) is 4. The van der Waals surface area contributed by atoms with Gasteiger partial charge in [-0.1, -0.05) is 17.7 Å². The molecule has 0 saturated carbocycles. The van der Waals surface area contributed by atoms with E-state index in [9.17, 15) is 0 Å². The number of aromatic nitrogens is 2. The van der Waals surface area contributed by atoms with Gasteiger partial charge >= 0.3 is 0 Å². The second-order valence-corrected chi connectivity index (χ2v) is 5.70. The molecular formula is C19H13ClN2O2. The number of pyridine rings is 1. The summed E-state index contributed by atoms with van der Waals surface area (Å²) in [6, 6.07) is 16.9. The lowest BCUT2D eigenvalue weighted by Gasteiger charge is -2.09. The number of methoxy groups -OCH3 is 1. The number of nitrogens with zero attached hydrogens (tertiary/aromatic N) is 2. The molecule has 0 radical (unpaired) electrons. The summed E-state index contributed by atoms with van der Waals surface area (Å²) in [6.45, 7) is 0. The average molecular weight is 337 g/mol. The third kappa shape index (κ3) is 2.61. The van der Waals surface area contributed by atoms with Gasteiger partial charge < -0.3 is 9.15 Å². The molecule has 0 N–H and O–H groups in total. The first-order valence-electron chi connectivity index (χ1n) is 7.40. The summed E-state index contributed by atoms with van der Waals surface area (Å²) in [7, 11) is 1.64. The molecule has 0 fully saturated rings. The smallest absolute Gasteiger partial charge is 0.227 e. The van der Waals surface area contributed by atoms with Crippen molar-refractivity contribution in [1.29, 1.82) is 0 Å². The van der Waals surface area contributed by atoms with E-state index in [1.165, 1.54) is 0 Å². The van der Waals surface area contributed by atoms with Crippen LogP contribution < -0.4 is 4.74 Å². The number of fused-ring (bicyclic) bond motifs is 1. The largest absolute Gasteiger partial charge is 0.496 e. The van der Waals surface area contributed by atoms with E-state index in [0.717, 1.165) is 22.3 Å². The van der Waals surface area contributed by atoms with Crippen LogP contribution in [0.1, 0.15) is 0 Å². The fourth-order valence-corrected chi connectivity index (χ4v) is 2.75. The molecule has 2 heterocycles. The molecule has 5 heteroatoms. The van der Waals surface area contributed by atoms with Gasteiger partial charge in [0, 0.05) is 22.3 Å². The van der Waals surface area contributed by atoms with Gasteiger partial charge in [-0.25, -0.2) is 4.98 Å². The quantitative estimate of drug-likeness (QED) is 0.514. The standard InChI is InChI=1S/C19H13ClN2O2/c1-23-18-10-12(5-7-14(18)15-4-2-3-9-21-15)19-22-16-11-13(20)6-8-17(16)24-19/h2-11H,1H3. The Morgan fingerprint density at radius 2 is 1.96 bits per heavy atom. The number of rotatable bonds is 3. The van der Waals surface area contributed by atoms with Crippen molar-refractivity contribution in [1.82, 2.24) is 9.97 Å². The molecule has 0 aliphatic rings. The molecule has 0 aliphatic heterocycles. The summed E-state index contributed by atoms with van der Waals surface area (Å²) in [5.74, 6) is 1.24. The molecule has 24 heavy (non-hydrogen) atoms. The maximum Gasteiger partial charge on any atom is 0.227 e. The van der Waals surface area contributed by atoms with Crippen LogP contribution in [0.2, 0.25) is 5.02 Å². The average Bonchev–Trinajstić information content (AvgIpc) is 3.05. The molecule has 4 aromatic rings. The van der Waals surface area contributed by atoms with Crippen LogP contribution in [-0.2, 0) is 0 Å². The van der Waals surface area contributed by atoms with E-state index in [0.29, 0.717) is 22.2 Å². The van der Waals surface area contributed by atoms with Crippen molar-refractivity contribution in [3.05, 3.63) is 65.8 Å². The van der Waals surface area contributed by atoms with Gasteiger partial charge in [0.25, 0.3) is 0 Å². The molecule has 4 nitrogen and oxygen atoms in total. The van der Waals surface area contributed by atoms with Crippen LogP contribution in [0.4, 0.5) is 0 Å². The van der Waals surface area contributed by atoms with Gasteiger partial charge in [-0.05, 0) is 48.5 Å². The lowest BCUT2D eigenvalue weighted by Crippen LogP contribution is -1.91. The van der Waals surface area contributed by atoms with Crippen LogP contribution in [0, 0.1) is 0 Å². The molecule has 2 aromatic carbocycles. The molecule has 0 bridgehead atoms. The summed E-state index contributed by atoms with van der Waals surface area (Å²) in [6.07, 6.45) is 1.76. The predicted molar refractivity (Wildman–Crippen MR) is 94.2 cm³/mol. The van der Waals surface area contributed by atoms with Crippen molar-refractivity contribution < 1.29 is 9.15 Å². The first kappa shape index (κ1) is 14.7. The van der Waals surface area contributed by atoms with Gasteiger partial charge in [-0.3, -0.25) is 4.98 Å². The maximum absolute atomic E-state index is 6.00. The van der Waals surface area contributed by atoms with E-state index in [1.54, 1.807) is 25.4 Å². The SMILES string of the molecule is COc1cc(-c2nc3cc(Cl)ccc3o2)ccc1-c1ccccn1. The van der Waals surface area contributed by atoms with Gasteiger partial charge in [0.1, 0.15) is 11.3 Å². The Labute approximate surface area is 143 Å².